The molecule has 4 N–H and O–H groups in total. The maximum absolute atomic E-state index is 10.7. The summed E-state index contributed by atoms with van der Waals surface area (Å²) in [5.41, 5.74) is -0.248. The monoisotopic (exact) mass is 269 g/mol. The van der Waals surface area contributed by atoms with E-state index >= 15 is 0 Å². The Kier molecular flexibility index (Phi) is 4.30. The van der Waals surface area contributed by atoms with Gasteiger partial charge in [-0.05, 0) is 12.1 Å². The second kappa shape index (κ2) is 5.71. The fourth-order valence-corrected chi connectivity index (χ4v) is 1.46. The average molecular weight is 269 g/mol. The predicted molar refractivity (Wildman–Crippen MR) is 62.6 cm³/mol. The van der Waals surface area contributed by atoms with E-state index in [2.05, 4.69) is 0 Å². The van der Waals surface area contributed by atoms with Gasteiger partial charge in [0.05, 0.1) is 0 Å². The zero-order valence-electron chi connectivity index (χ0n) is 9.61. The molecule has 19 heavy (non-hydrogen) atoms. The number of nitrogens with zero attached hydrogens (tertiary/aromatic N) is 1. The van der Waals surface area contributed by atoms with Crippen molar-refractivity contribution in [3.8, 4) is 5.75 Å². The molecule has 0 saturated heterocycles. The van der Waals surface area contributed by atoms with E-state index < -0.39 is 36.7 Å². The van der Waals surface area contributed by atoms with Crippen LogP contribution in [-0.2, 0) is 9.59 Å². The molecule has 0 radical (unpaired) electrons. The van der Waals surface area contributed by atoms with E-state index in [1.807, 2.05) is 0 Å². The quantitative estimate of drug-likeness (QED) is 0.569. The van der Waals surface area contributed by atoms with Crippen LogP contribution >= 0.6 is 0 Å². The van der Waals surface area contributed by atoms with Gasteiger partial charge in [0.1, 0.15) is 24.4 Å². The van der Waals surface area contributed by atoms with Gasteiger partial charge in [-0.3, -0.25) is 9.59 Å². The Morgan fingerprint density at radius 3 is 1.89 bits per heavy atom. The Morgan fingerprint density at radius 2 is 1.53 bits per heavy atom. The molecular formula is C11H11NO7. The van der Waals surface area contributed by atoms with Crippen molar-refractivity contribution in [1.82, 2.24) is 0 Å². The minimum atomic E-state index is -1.34. The molecule has 0 atom stereocenters. The molecule has 0 aromatic heterocycles. The van der Waals surface area contributed by atoms with Gasteiger partial charge in [0.2, 0.25) is 0 Å². The van der Waals surface area contributed by atoms with Crippen molar-refractivity contribution in [1.29, 1.82) is 0 Å². The molecule has 102 valence electrons. The van der Waals surface area contributed by atoms with Crippen molar-refractivity contribution in [3.63, 3.8) is 0 Å². The summed E-state index contributed by atoms with van der Waals surface area (Å²) in [6.07, 6.45) is 0. The SMILES string of the molecule is O=C(O)CN(CC(=O)O)c1ccc(C(=O)O)c(O)c1. The summed E-state index contributed by atoms with van der Waals surface area (Å²) >= 11 is 0. The van der Waals surface area contributed by atoms with Crippen molar-refractivity contribution in [2.24, 2.45) is 0 Å². The van der Waals surface area contributed by atoms with Gasteiger partial charge in [0.15, 0.2) is 0 Å². The number of benzene rings is 1. The van der Waals surface area contributed by atoms with Gasteiger partial charge in [0, 0.05) is 11.8 Å². The maximum Gasteiger partial charge on any atom is 0.339 e. The largest absolute Gasteiger partial charge is 0.507 e. The van der Waals surface area contributed by atoms with E-state index in [-0.39, 0.29) is 11.3 Å². The number of anilines is 1. The van der Waals surface area contributed by atoms with Crippen LogP contribution in [0.4, 0.5) is 5.69 Å². The molecule has 1 aromatic rings. The lowest BCUT2D eigenvalue weighted by Crippen LogP contribution is -2.34. The molecule has 8 nitrogen and oxygen atoms in total. The average Bonchev–Trinajstić information content (AvgIpc) is 2.26. The smallest absolute Gasteiger partial charge is 0.339 e. The molecule has 0 aliphatic rings. The topological polar surface area (TPSA) is 135 Å². The molecule has 0 unspecified atom stereocenters. The van der Waals surface area contributed by atoms with Gasteiger partial charge in [-0.2, -0.15) is 0 Å². The van der Waals surface area contributed by atoms with E-state index in [9.17, 15) is 19.5 Å². The van der Waals surface area contributed by atoms with Crippen molar-refractivity contribution >= 4 is 23.6 Å². The third-order valence-electron chi connectivity index (χ3n) is 2.23. The number of aromatic hydroxyl groups is 1. The van der Waals surface area contributed by atoms with Gasteiger partial charge in [-0.25, -0.2) is 4.79 Å². The highest BCUT2D eigenvalue weighted by Gasteiger charge is 2.17. The van der Waals surface area contributed by atoms with E-state index in [0.29, 0.717) is 0 Å². The minimum absolute atomic E-state index is 0.104. The summed E-state index contributed by atoms with van der Waals surface area (Å²) in [5, 5.41) is 35.6. The molecule has 0 amide bonds. The van der Waals surface area contributed by atoms with Crippen LogP contribution in [0.3, 0.4) is 0 Å². The number of carbonyl (C=O) groups is 3. The zero-order valence-corrected chi connectivity index (χ0v) is 9.61. The molecule has 8 heteroatoms. The van der Waals surface area contributed by atoms with Crippen molar-refractivity contribution in [2.45, 2.75) is 0 Å². The van der Waals surface area contributed by atoms with Crippen LogP contribution in [0, 0.1) is 0 Å². The van der Waals surface area contributed by atoms with Gasteiger partial charge < -0.3 is 25.3 Å². The molecule has 1 rings (SSSR count). The Bertz CT molecular complexity index is 510. The Labute approximate surface area is 107 Å². The summed E-state index contributed by atoms with van der Waals surface area (Å²) in [6.45, 7) is -1.17. The summed E-state index contributed by atoms with van der Waals surface area (Å²) in [6, 6.07) is 3.31. The number of carboxylic acids is 3. The van der Waals surface area contributed by atoms with Crippen LogP contribution in [0.2, 0.25) is 0 Å². The highest BCUT2D eigenvalue weighted by molar-refractivity contribution is 5.91. The highest BCUT2D eigenvalue weighted by Crippen LogP contribution is 2.24. The van der Waals surface area contributed by atoms with Gasteiger partial charge in [-0.15, -0.1) is 0 Å². The third kappa shape index (κ3) is 3.87. The summed E-state index contributed by atoms with van der Waals surface area (Å²) in [7, 11) is 0. The normalized spacial score (nSPS) is 9.89. The van der Waals surface area contributed by atoms with Crippen LogP contribution in [0.15, 0.2) is 18.2 Å². The van der Waals surface area contributed by atoms with Crippen LogP contribution in [0.25, 0.3) is 0 Å². The highest BCUT2D eigenvalue weighted by atomic mass is 16.4. The lowest BCUT2D eigenvalue weighted by molar-refractivity contribution is -0.136. The second-order valence-corrected chi connectivity index (χ2v) is 3.65. The first-order valence-electron chi connectivity index (χ1n) is 5.06. The zero-order chi connectivity index (χ0) is 14.6. The van der Waals surface area contributed by atoms with E-state index in [0.717, 1.165) is 17.0 Å². The minimum Gasteiger partial charge on any atom is -0.507 e. The maximum atomic E-state index is 10.7. The number of hydrogen-bond acceptors (Lipinski definition) is 5. The molecule has 0 heterocycles. The van der Waals surface area contributed by atoms with Crippen LogP contribution in [0.5, 0.6) is 5.75 Å². The first-order valence-corrected chi connectivity index (χ1v) is 5.06. The molecule has 0 saturated carbocycles. The third-order valence-corrected chi connectivity index (χ3v) is 2.23. The predicted octanol–water partition coefficient (Wildman–Crippen LogP) is 0.0660. The Hall–Kier alpha value is -2.77. The van der Waals surface area contributed by atoms with Crippen molar-refractivity contribution in [2.75, 3.05) is 18.0 Å². The van der Waals surface area contributed by atoms with Gasteiger partial charge in [-0.1, -0.05) is 0 Å². The number of carboxylic acid groups (broad SMARTS) is 3. The molecule has 0 aliphatic carbocycles. The van der Waals surface area contributed by atoms with Crippen molar-refractivity contribution < 1.29 is 34.8 Å². The Balaban J connectivity index is 3.08. The fourth-order valence-electron chi connectivity index (χ4n) is 1.46. The van der Waals surface area contributed by atoms with Crippen LogP contribution < -0.4 is 4.90 Å². The van der Waals surface area contributed by atoms with Gasteiger partial charge >= 0.3 is 17.9 Å². The second-order valence-electron chi connectivity index (χ2n) is 3.65. The lowest BCUT2D eigenvalue weighted by atomic mass is 10.1. The summed E-state index contributed by atoms with van der Waals surface area (Å²) in [4.78, 5) is 32.9. The van der Waals surface area contributed by atoms with E-state index in [1.165, 1.54) is 6.07 Å². The van der Waals surface area contributed by atoms with Crippen LogP contribution in [0.1, 0.15) is 10.4 Å². The van der Waals surface area contributed by atoms with E-state index in [1.54, 1.807) is 0 Å². The molecule has 0 bridgehead atoms. The molecular weight excluding hydrogens is 258 g/mol. The summed E-state index contributed by atoms with van der Waals surface area (Å²) < 4.78 is 0. The lowest BCUT2D eigenvalue weighted by Gasteiger charge is -2.21. The first-order chi connectivity index (χ1) is 8.81. The van der Waals surface area contributed by atoms with Gasteiger partial charge in [0.25, 0.3) is 0 Å². The molecule has 0 spiro atoms. The number of hydrogen-bond donors (Lipinski definition) is 4. The van der Waals surface area contributed by atoms with E-state index in [4.69, 9.17) is 15.3 Å². The number of aliphatic carboxylic acids is 2. The molecule has 0 fully saturated rings. The number of phenols is 1. The van der Waals surface area contributed by atoms with Crippen LogP contribution in [-0.4, -0.2) is 51.4 Å². The molecule has 1 aromatic carbocycles. The fraction of sp³-hybridized carbons (Fsp3) is 0.182. The van der Waals surface area contributed by atoms with Crippen molar-refractivity contribution in [3.05, 3.63) is 23.8 Å². The number of aromatic carboxylic acids is 1. The Morgan fingerprint density at radius 1 is 1.00 bits per heavy atom. The summed E-state index contributed by atoms with van der Waals surface area (Å²) in [5.74, 6) is -4.40. The molecule has 0 aliphatic heterocycles. The number of rotatable bonds is 6. The first kappa shape index (κ1) is 14.3. The standard InChI is InChI=1S/C11H11NO7/c13-8-3-6(1-2-7(8)11(18)19)12(4-9(14)15)5-10(16)17/h1-3,13H,4-5H2,(H,14,15)(H,16,17)(H,18,19).